The van der Waals surface area contributed by atoms with Gasteiger partial charge in [-0.2, -0.15) is 0 Å². The van der Waals surface area contributed by atoms with E-state index in [1.54, 1.807) is 0 Å². The number of hydrogen-bond acceptors (Lipinski definition) is 4. The number of rotatable bonds is 6. The molecule has 0 atom stereocenters. The van der Waals surface area contributed by atoms with E-state index in [0.29, 0.717) is 6.54 Å². The predicted octanol–water partition coefficient (Wildman–Crippen LogP) is 3.16. The van der Waals surface area contributed by atoms with Crippen LogP contribution in [-0.2, 0) is 6.54 Å². The van der Waals surface area contributed by atoms with Crippen molar-refractivity contribution in [2.24, 2.45) is 0 Å². The molecule has 102 valence electrons. The summed E-state index contributed by atoms with van der Waals surface area (Å²) in [6, 6.07) is 7.93. The molecule has 0 spiro atoms. The highest BCUT2D eigenvalue weighted by atomic mass is 16.5. The van der Waals surface area contributed by atoms with E-state index in [-0.39, 0.29) is 0 Å². The van der Waals surface area contributed by atoms with Crippen LogP contribution in [0.5, 0.6) is 5.75 Å². The van der Waals surface area contributed by atoms with E-state index < -0.39 is 0 Å². The standard InChI is InChI=1S/C15H20N2O2/c1-4-9-18-13-7-5-12(6-8-13)15-11(2)14(10-16-3)17-19-15/h5-8,16H,4,9-10H2,1-3H3. The lowest BCUT2D eigenvalue weighted by molar-refractivity contribution is 0.317. The van der Waals surface area contributed by atoms with Gasteiger partial charge in [0.2, 0.25) is 0 Å². The monoisotopic (exact) mass is 260 g/mol. The maximum Gasteiger partial charge on any atom is 0.170 e. The largest absolute Gasteiger partial charge is 0.494 e. The summed E-state index contributed by atoms with van der Waals surface area (Å²) in [5.74, 6) is 1.71. The van der Waals surface area contributed by atoms with Gasteiger partial charge in [0, 0.05) is 17.7 Å². The second-order valence-electron chi connectivity index (χ2n) is 4.49. The molecule has 1 aromatic heterocycles. The van der Waals surface area contributed by atoms with Gasteiger partial charge in [-0.1, -0.05) is 12.1 Å². The minimum absolute atomic E-state index is 0.715. The van der Waals surface area contributed by atoms with Crippen LogP contribution in [0.3, 0.4) is 0 Å². The van der Waals surface area contributed by atoms with Crippen LogP contribution in [0.15, 0.2) is 28.8 Å². The Kier molecular flexibility index (Phi) is 4.58. The molecule has 2 rings (SSSR count). The molecule has 0 bridgehead atoms. The van der Waals surface area contributed by atoms with Gasteiger partial charge in [-0.15, -0.1) is 0 Å². The van der Waals surface area contributed by atoms with Gasteiger partial charge in [-0.3, -0.25) is 0 Å². The Morgan fingerprint density at radius 2 is 2.00 bits per heavy atom. The number of hydrogen-bond donors (Lipinski definition) is 1. The summed E-state index contributed by atoms with van der Waals surface area (Å²) in [5, 5.41) is 7.16. The van der Waals surface area contributed by atoms with Crippen molar-refractivity contribution in [3.63, 3.8) is 0 Å². The summed E-state index contributed by atoms with van der Waals surface area (Å²) in [4.78, 5) is 0. The number of nitrogens with zero attached hydrogens (tertiary/aromatic N) is 1. The van der Waals surface area contributed by atoms with E-state index in [1.807, 2.05) is 38.2 Å². The van der Waals surface area contributed by atoms with Crippen LogP contribution in [0, 0.1) is 6.92 Å². The van der Waals surface area contributed by atoms with Gasteiger partial charge in [0.25, 0.3) is 0 Å². The lowest BCUT2D eigenvalue weighted by Crippen LogP contribution is -2.06. The van der Waals surface area contributed by atoms with Gasteiger partial charge >= 0.3 is 0 Å². The third-order valence-corrected chi connectivity index (χ3v) is 2.95. The molecule has 0 aliphatic carbocycles. The molecule has 0 fully saturated rings. The molecule has 4 heteroatoms. The lowest BCUT2D eigenvalue weighted by Gasteiger charge is -2.05. The van der Waals surface area contributed by atoms with Gasteiger partial charge in [0.1, 0.15) is 11.4 Å². The first-order chi connectivity index (χ1) is 9.26. The molecule has 0 saturated heterocycles. The molecular weight excluding hydrogens is 240 g/mol. The SMILES string of the molecule is CCCOc1ccc(-c2onc(CNC)c2C)cc1. The molecule has 4 nitrogen and oxygen atoms in total. The smallest absolute Gasteiger partial charge is 0.170 e. The summed E-state index contributed by atoms with van der Waals surface area (Å²) in [5.41, 5.74) is 3.05. The summed E-state index contributed by atoms with van der Waals surface area (Å²) in [7, 11) is 1.90. The molecule has 0 aliphatic rings. The third-order valence-electron chi connectivity index (χ3n) is 2.95. The second-order valence-corrected chi connectivity index (χ2v) is 4.49. The molecule has 1 aromatic carbocycles. The molecule has 0 radical (unpaired) electrons. The van der Waals surface area contributed by atoms with Crippen LogP contribution in [-0.4, -0.2) is 18.8 Å². The predicted molar refractivity (Wildman–Crippen MR) is 75.2 cm³/mol. The molecular formula is C15H20N2O2. The van der Waals surface area contributed by atoms with E-state index in [9.17, 15) is 0 Å². The van der Waals surface area contributed by atoms with Gasteiger partial charge in [0.15, 0.2) is 5.76 Å². The summed E-state index contributed by atoms with van der Waals surface area (Å²) in [6.07, 6.45) is 1.01. The maximum atomic E-state index is 5.56. The average molecular weight is 260 g/mol. The minimum Gasteiger partial charge on any atom is -0.494 e. The van der Waals surface area contributed by atoms with E-state index in [1.165, 1.54) is 0 Å². The number of benzene rings is 1. The van der Waals surface area contributed by atoms with Crippen molar-refractivity contribution >= 4 is 0 Å². The van der Waals surface area contributed by atoms with Gasteiger partial charge < -0.3 is 14.6 Å². The van der Waals surface area contributed by atoms with Gasteiger partial charge in [-0.05, 0) is 44.7 Å². The second kappa shape index (κ2) is 6.38. The maximum absolute atomic E-state index is 5.56. The summed E-state index contributed by atoms with van der Waals surface area (Å²) in [6.45, 7) is 5.58. The third kappa shape index (κ3) is 3.15. The zero-order valence-corrected chi connectivity index (χ0v) is 11.7. The van der Waals surface area contributed by atoms with Crippen LogP contribution in [0.4, 0.5) is 0 Å². The Morgan fingerprint density at radius 1 is 1.26 bits per heavy atom. The van der Waals surface area contributed by atoms with Crippen molar-refractivity contribution in [2.75, 3.05) is 13.7 Å². The molecule has 0 aliphatic heterocycles. The number of aromatic nitrogens is 1. The average Bonchev–Trinajstić information content (AvgIpc) is 2.79. The Balaban J connectivity index is 2.17. The molecule has 2 aromatic rings. The van der Waals surface area contributed by atoms with E-state index >= 15 is 0 Å². The summed E-state index contributed by atoms with van der Waals surface area (Å²) < 4.78 is 11.0. The van der Waals surface area contributed by atoms with E-state index in [0.717, 1.165) is 41.4 Å². The highest BCUT2D eigenvalue weighted by Gasteiger charge is 2.12. The van der Waals surface area contributed by atoms with Crippen molar-refractivity contribution < 1.29 is 9.26 Å². The van der Waals surface area contributed by atoms with Gasteiger partial charge in [-0.25, -0.2) is 0 Å². The normalized spacial score (nSPS) is 10.7. The molecule has 0 amide bonds. The molecule has 1 heterocycles. The number of ether oxygens (including phenoxy) is 1. The van der Waals surface area contributed by atoms with Crippen LogP contribution in [0.25, 0.3) is 11.3 Å². The van der Waals surface area contributed by atoms with E-state index in [2.05, 4.69) is 17.4 Å². The van der Waals surface area contributed by atoms with Crippen molar-refractivity contribution in [3.05, 3.63) is 35.5 Å². The van der Waals surface area contributed by atoms with Crippen LogP contribution in [0.1, 0.15) is 24.6 Å². The first-order valence-electron chi connectivity index (χ1n) is 6.59. The first-order valence-corrected chi connectivity index (χ1v) is 6.59. The fourth-order valence-corrected chi connectivity index (χ4v) is 1.89. The molecule has 1 N–H and O–H groups in total. The molecule has 19 heavy (non-hydrogen) atoms. The van der Waals surface area contributed by atoms with Crippen LogP contribution in [0.2, 0.25) is 0 Å². The molecule has 0 saturated carbocycles. The van der Waals surface area contributed by atoms with Crippen LogP contribution >= 0.6 is 0 Å². The zero-order valence-electron chi connectivity index (χ0n) is 11.7. The quantitative estimate of drug-likeness (QED) is 0.866. The van der Waals surface area contributed by atoms with Crippen molar-refractivity contribution in [1.29, 1.82) is 0 Å². The Hall–Kier alpha value is -1.81. The number of nitrogens with one attached hydrogen (secondary N) is 1. The van der Waals surface area contributed by atoms with Crippen molar-refractivity contribution in [3.8, 4) is 17.1 Å². The van der Waals surface area contributed by atoms with Crippen LogP contribution < -0.4 is 10.1 Å². The Bertz CT molecular complexity index is 517. The molecule has 0 unspecified atom stereocenters. The first kappa shape index (κ1) is 13.6. The fourth-order valence-electron chi connectivity index (χ4n) is 1.89. The highest BCUT2D eigenvalue weighted by molar-refractivity contribution is 5.62. The Labute approximate surface area is 113 Å². The Morgan fingerprint density at radius 3 is 2.63 bits per heavy atom. The topological polar surface area (TPSA) is 47.3 Å². The zero-order chi connectivity index (χ0) is 13.7. The summed E-state index contributed by atoms with van der Waals surface area (Å²) >= 11 is 0. The van der Waals surface area contributed by atoms with Gasteiger partial charge in [0.05, 0.1) is 6.61 Å². The van der Waals surface area contributed by atoms with E-state index in [4.69, 9.17) is 9.26 Å². The minimum atomic E-state index is 0.715. The highest BCUT2D eigenvalue weighted by Crippen LogP contribution is 2.27. The van der Waals surface area contributed by atoms with Crippen molar-refractivity contribution in [1.82, 2.24) is 10.5 Å². The fraction of sp³-hybridized carbons (Fsp3) is 0.400. The van der Waals surface area contributed by atoms with Crippen molar-refractivity contribution in [2.45, 2.75) is 26.8 Å². The lowest BCUT2D eigenvalue weighted by atomic mass is 10.1.